The average Bonchev–Trinajstić information content (AvgIpc) is 1.68. The van der Waals surface area contributed by atoms with Crippen LogP contribution in [0.5, 0.6) is 0 Å². The van der Waals surface area contributed by atoms with Crippen LogP contribution in [0.4, 0.5) is 4.79 Å². The van der Waals surface area contributed by atoms with Crippen LogP contribution in [0.15, 0.2) is 0 Å². The number of carbonyl (C=O) groups excluding carboxylic acids is 1. The molecule has 0 aromatic heterocycles. The van der Waals surface area contributed by atoms with Gasteiger partial charge in [0.1, 0.15) is 5.94 Å². The van der Waals surface area contributed by atoms with E-state index < -0.39 is 11.2 Å². The Morgan fingerprint density at radius 3 is 2.57 bits per heavy atom. The van der Waals surface area contributed by atoms with Gasteiger partial charge in [-0.3, -0.25) is 0 Å². The Labute approximate surface area is 45.7 Å². The molecule has 0 saturated heterocycles. The second-order valence-corrected chi connectivity index (χ2v) is 1.57. The number of carbonyl (C=O) groups is 1. The van der Waals surface area contributed by atoms with Crippen molar-refractivity contribution in [3.8, 4) is 0 Å². The van der Waals surface area contributed by atoms with Crippen LogP contribution in [0.1, 0.15) is 0 Å². The maximum atomic E-state index is 9.95. The third kappa shape index (κ3) is 3.61. The van der Waals surface area contributed by atoms with Gasteiger partial charge in [-0.25, -0.2) is 9.90 Å². The van der Waals surface area contributed by atoms with E-state index in [1.807, 2.05) is 0 Å². The fraction of sp³-hybridized carbons (Fsp3) is 0.667. The Bertz CT molecular complexity index is 63.2. The van der Waals surface area contributed by atoms with Gasteiger partial charge in [-0.15, -0.1) is 0 Å². The Hall–Kier alpha value is -0.220. The first-order chi connectivity index (χ1) is 3.31. The van der Waals surface area contributed by atoms with E-state index in [2.05, 4.69) is 4.74 Å². The van der Waals surface area contributed by atoms with E-state index in [1.54, 1.807) is 0 Å². The van der Waals surface area contributed by atoms with Crippen LogP contribution < -0.4 is 0 Å². The van der Waals surface area contributed by atoms with E-state index in [0.717, 1.165) is 0 Å². The summed E-state index contributed by atoms with van der Waals surface area (Å²) in [6.45, 7) is 0. The highest BCUT2D eigenvalue weighted by Gasteiger charge is 1.95. The van der Waals surface area contributed by atoms with E-state index in [0.29, 0.717) is 11.8 Å². The van der Waals surface area contributed by atoms with Gasteiger partial charge in [-0.1, -0.05) is 0 Å². The van der Waals surface area contributed by atoms with Gasteiger partial charge in [0.05, 0.1) is 7.11 Å². The summed E-state index contributed by atoms with van der Waals surface area (Å²) in [5.41, 5.74) is 0. The normalized spacial score (nSPS) is 8.29. The molecule has 0 aliphatic heterocycles. The van der Waals surface area contributed by atoms with E-state index in [1.165, 1.54) is 7.11 Å². The van der Waals surface area contributed by atoms with Crippen molar-refractivity contribution in [3.63, 3.8) is 0 Å². The first-order valence-corrected chi connectivity index (χ1v) is 2.58. The smallest absolute Gasteiger partial charge is 0.369 e. The third-order valence-electron chi connectivity index (χ3n) is 0.343. The predicted octanol–water partition coefficient (Wildman–Crippen LogP) is 0.874. The molecule has 0 atom stereocenters. The van der Waals surface area contributed by atoms with Gasteiger partial charge in [0.25, 0.3) is 0 Å². The first-order valence-electron chi connectivity index (χ1n) is 1.60. The summed E-state index contributed by atoms with van der Waals surface area (Å²) in [7, 11) is 1.24. The molecule has 3 nitrogen and oxygen atoms in total. The quantitative estimate of drug-likeness (QED) is 0.382. The maximum absolute atomic E-state index is 9.95. The molecule has 0 aliphatic carbocycles. The fourth-order valence-electron chi connectivity index (χ4n) is 0.107. The summed E-state index contributed by atoms with van der Waals surface area (Å²) in [6, 6.07) is 0. The van der Waals surface area contributed by atoms with Crippen molar-refractivity contribution in [1.29, 1.82) is 0 Å². The molecule has 0 rings (SSSR count). The zero-order valence-corrected chi connectivity index (χ0v) is 4.66. The summed E-state index contributed by atoms with van der Waals surface area (Å²) in [6.07, 6.45) is 0. The van der Waals surface area contributed by atoms with Crippen LogP contribution in [0.2, 0.25) is 0 Å². The maximum Gasteiger partial charge on any atom is 0.369 e. The van der Waals surface area contributed by atoms with Crippen LogP contribution in [-0.2, 0) is 9.84 Å². The average molecular weight is 121 g/mol. The van der Waals surface area contributed by atoms with Crippen LogP contribution in [0.3, 0.4) is 0 Å². The van der Waals surface area contributed by atoms with Gasteiger partial charge in [0.2, 0.25) is 0 Å². The van der Waals surface area contributed by atoms with Crippen LogP contribution >= 0.6 is 11.8 Å². The molecule has 0 spiro atoms. The summed E-state index contributed by atoms with van der Waals surface area (Å²) >= 11 is 0.615. The molecule has 7 heavy (non-hydrogen) atoms. The Morgan fingerprint density at radius 1 is 1.86 bits per heavy atom. The lowest BCUT2D eigenvalue weighted by molar-refractivity contribution is 0.198. The summed E-state index contributed by atoms with van der Waals surface area (Å²) in [5, 5.41) is 9.04. The van der Waals surface area contributed by atoms with Gasteiger partial charge >= 0.3 is 5.30 Å². The largest absolute Gasteiger partial charge is 0.461 e. The second kappa shape index (κ2) is 3.95. The molecule has 1 radical (unpaired) electrons. The van der Waals surface area contributed by atoms with Crippen molar-refractivity contribution in [2.45, 2.75) is 0 Å². The first kappa shape index (κ1) is 6.78. The topological polar surface area (TPSA) is 46.2 Å². The highest BCUT2D eigenvalue weighted by atomic mass is 32.2. The third-order valence-corrected chi connectivity index (χ3v) is 0.864. The molecule has 4 heteroatoms. The second-order valence-electron chi connectivity index (χ2n) is 0.716. The Morgan fingerprint density at radius 2 is 2.43 bits per heavy atom. The van der Waals surface area contributed by atoms with Crippen molar-refractivity contribution in [3.05, 3.63) is 0 Å². The molecule has 0 saturated carbocycles. The lowest BCUT2D eigenvalue weighted by Crippen LogP contribution is -1.90. The van der Waals surface area contributed by atoms with Crippen molar-refractivity contribution in [1.82, 2.24) is 0 Å². The molecule has 0 amide bonds. The molecule has 0 unspecified atom stereocenters. The molecule has 0 N–H and O–H groups in total. The summed E-state index contributed by atoms with van der Waals surface area (Å²) in [5.74, 6) is -0.466. The number of rotatable bonds is 1. The molecule has 0 fully saturated rings. The van der Waals surface area contributed by atoms with Crippen LogP contribution in [-0.4, -0.2) is 18.4 Å². The SMILES string of the molecule is COC(=O)SC[O]. The number of thioether (sulfide) groups is 1. The van der Waals surface area contributed by atoms with Gasteiger partial charge in [-0.2, -0.15) is 0 Å². The van der Waals surface area contributed by atoms with E-state index in [4.69, 9.17) is 0 Å². The molecule has 0 heterocycles. The van der Waals surface area contributed by atoms with Crippen molar-refractivity contribution >= 4 is 17.1 Å². The molecule has 0 aromatic rings. The zero-order valence-electron chi connectivity index (χ0n) is 3.84. The minimum absolute atomic E-state index is 0.466. The van der Waals surface area contributed by atoms with Crippen molar-refractivity contribution in [2.75, 3.05) is 13.0 Å². The highest BCUT2D eigenvalue weighted by molar-refractivity contribution is 8.13. The van der Waals surface area contributed by atoms with Gasteiger partial charge in [-0.05, 0) is 11.8 Å². The van der Waals surface area contributed by atoms with Crippen molar-refractivity contribution < 1.29 is 14.6 Å². The molecule has 0 aromatic carbocycles. The summed E-state index contributed by atoms with van der Waals surface area (Å²) < 4.78 is 4.11. The minimum Gasteiger partial charge on any atom is -0.461 e. The van der Waals surface area contributed by atoms with Gasteiger partial charge in [0, 0.05) is 0 Å². The lowest BCUT2D eigenvalue weighted by atomic mass is 11.5. The highest BCUT2D eigenvalue weighted by Crippen LogP contribution is 1.99. The molecular weight excluding hydrogens is 116 g/mol. The Kier molecular flexibility index (Phi) is 3.83. The summed E-state index contributed by atoms with van der Waals surface area (Å²) in [4.78, 5) is 9.95. The Balaban J connectivity index is 3.00. The van der Waals surface area contributed by atoms with E-state index >= 15 is 0 Å². The van der Waals surface area contributed by atoms with Gasteiger partial charge < -0.3 is 4.74 Å². The number of hydrogen-bond donors (Lipinski definition) is 0. The minimum atomic E-state index is -0.519. The molecule has 0 bridgehead atoms. The molecule has 0 aliphatic rings. The number of hydrogen-bond acceptors (Lipinski definition) is 3. The van der Waals surface area contributed by atoms with E-state index in [-0.39, 0.29) is 0 Å². The van der Waals surface area contributed by atoms with E-state index in [9.17, 15) is 9.90 Å². The van der Waals surface area contributed by atoms with Crippen molar-refractivity contribution in [2.24, 2.45) is 0 Å². The molecule has 41 valence electrons. The van der Waals surface area contributed by atoms with Crippen LogP contribution in [0.25, 0.3) is 0 Å². The standard InChI is InChI=1S/C3H5O3S/c1-6-3(5)7-2-4/h2H2,1H3. The fourth-order valence-corrected chi connectivity index (χ4v) is 0.321. The number of ether oxygens (including phenoxy) is 1. The van der Waals surface area contributed by atoms with Crippen LogP contribution in [0, 0.1) is 0 Å². The monoisotopic (exact) mass is 121 g/mol. The zero-order chi connectivity index (χ0) is 5.70. The lowest BCUT2D eigenvalue weighted by Gasteiger charge is -1.88. The van der Waals surface area contributed by atoms with Gasteiger partial charge in [0.15, 0.2) is 0 Å². The predicted molar refractivity (Wildman–Crippen MR) is 25.5 cm³/mol. The number of methoxy groups -OCH3 is 1. The molecular formula is C3H5O3S.